The van der Waals surface area contributed by atoms with Crippen molar-refractivity contribution in [2.45, 2.75) is 19.9 Å². The van der Waals surface area contributed by atoms with Crippen molar-refractivity contribution in [1.29, 1.82) is 0 Å². The van der Waals surface area contributed by atoms with Crippen molar-refractivity contribution in [3.8, 4) is 11.3 Å². The summed E-state index contributed by atoms with van der Waals surface area (Å²) < 4.78 is 4.84. The van der Waals surface area contributed by atoms with Gasteiger partial charge in [-0.25, -0.2) is 4.79 Å². The molecule has 21 heavy (non-hydrogen) atoms. The van der Waals surface area contributed by atoms with Gasteiger partial charge in [0.05, 0.1) is 12.3 Å². The van der Waals surface area contributed by atoms with Gasteiger partial charge >= 0.3 is 5.97 Å². The number of benzene rings is 1. The molecule has 0 aliphatic heterocycles. The number of aromatic amines is 1. The number of nitrogens with one attached hydrogen (secondary N) is 2. The summed E-state index contributed by atoms with van der Waals surface area (Å²) in [5, 5.41) is 9.32. The van der Waals surface area contributed by atoms with Crippen LogP contribution in [-0.2, 0) is 9.53 Å². The van der Waals surface area contributed by atoms with E-state index in [0.29, 0.717) is 11.4 Å². The van der Waals surface area contributed by atoms with Crippen molar-refractivity contribution in [3.63, 3.8) is 0 Å². The molecule has 2 rings (SSSR count). The summed E-state index contributed by atoms with van der Waals surface area (Å²) in [6.45, 7) is 3.57. The molecule has 2 aromatic rings. The van der Waals surface area contributed by atoms with Crippen molar-refractivity contribution in [2.75, 3.05) is 6.61 Å². The normalized spacial score (nSPS) is 11.7. The lowest BCUT2D eigenvalue weighted by Gasteiger charge is -2.11. The third kappa shape index (κ3) is 3.68. The van der Waals surface area contributed by atoms with E-state index in [0.717, 1.165) is 5.56 Å². The fourth-order valence-electron chi connectivity index (χ4n) is 1.80. The SMILES string of the molecule is CCOC(=O)C(C)NC(=O)c1cc(-c2ccccc2)n[nH]1. The number of hydrogen-bond donors (Lipinski definition) is 2. The third-order valence-electron chi connectivity index (χ3n) is 2.88. The maximum atomic E-state index is 12.0. The highest BCUT2D eigenvalue weighted by molar-refractivity contribution is 5.95. The minimum absolute atomic E-state index is 0.279. The fourth-order valence-corrected chi connectivity index (χ4v) is 1.80. The predicted octanol–water partition coefficient (Wildman–Crippen LogP) is 1.76. The van der Waals surface area contributed by atoms with E-state index < -0.39 is 17.9 Å². The number of carbonyl (C=O) groups excluding carboxylic acids is 2. The van der Waals surface area contributed by atoms with E-state index >= 15 is 0 Å². The van der Waals surface area contributed by atoms with Gasteiger partial charge < -0.3 is 10.1 Å². The number of ether oxygens (including phenoxy) is 1. The summed E-state index contributed by atoms with van der Waals surface area (Å²) in [5.74, 6) is -0.862. The Bertz CT molecular complexity index is 622. The van der Waals surface area contributed by atoms with E-state index in [4.69, 9.17) is 4.74 Å². The number of aromatic nitrogens is 2. The van der Waals surface area contributed by atoms with E-state index in [1.807, 2.05) is 30.3 Å². The van der Waals surface area contributed by atoms with Gasteiger partial charge in [-0.3, -0.25) is 9.89 Å². The first-order valence-electron chi connectivity index (χ1n) is 6.70. The summed E-state index contributed by atoms with van der Waals surface area (Å²) in [4.78, 5) is 23.5. The quantitative estimate of drug-likeness (QED) is 0.821. The molecule has 0 fully saturated rings. The monoisotopic (exact) mass is 287 g/mol. The molecule has 6 heteroatoms. The number of rotatable bonds is 5. The molecule has 2 N–H and O–H groups in total. The van der Waals surface area contributed by atoms with Gasteiger partial charge in [0, 0.05) is 5.56 Å². The van der Waals surface area contributed by atoms with Gasteiger partial charge in [-0.15, -0.1) is 0 Å². The van der Waals surface area contributed by atoms with Crippen LogP contribution in [-0.4, -0.2) is 34.7 Å². The molecule has 1 atom stereocenters. The maximum absolute atomic E-state index is 12.0. The number of H-pyrrole nitrogens is 1. The van der Waals surface area contributed by atoms with E-state index in [2.05, 4.69) is 15.5 Å². The predicted molar refractivity (Wildman–Crippen MR) is 77.6 cm³/mol. The van der Waals surface area contributed by atoms with Crippen LogP contribution in [0.2, 0.25) is 0 Å². The summed E-state index contributed by atoms with van der Waals surface area (Å²) in [7, 11) is 0. The van der Waals surface area contributed by atoms with Crippen LogP contribution >= 0.6 is 0 Å². The van der Waals surface area contributed by atoms with Crippen LogP contribution in [0.3, 0.4) is 0 Å². The van der Waals surface area contributed by atoms with Crippen LogP contribution in [0.15, 0.2) is 36.4 Å². The summed E-state index contributed by atoms with van der Waals surface area (Å²) in [5.41, 5.74) is 1.88. The molecule has 0 aliphatic rings. The minimum atomic E-state index is -0.707. The number of nitrogens with zero attached hydrogens (tertiary/aromatic N) is 1. The van der Waals surface area contributed by atoms with Crippen LogP contribution in [0.25, 0.3) is 11.3 Å². The Morgan fingerprint density at radius 2 is 2.05 bits per heavy atom. The molecule has 0 saturated carbocycles. The van der Waals surface area contributed by atoms with Gasteiger partial charge in [0.2, 0.25) is 0 Å². The Labute approximate surface area is 122 Å². The van der Waals surface area contributed by atoms with Gasteiger partial charge in [0.15, 0.2) is 0 Å². The molecule has 110 valence electrons. The van der Waals surface area contributed by atoms with Gasteiger partial charge in [-0.05, 0) is 19.9 Å². The Kier molecular flexibility index (Phi) is 4.71. The molecule has 6 nitrogen and oxygen atoms in total. The van der Waals surface area contributed by atoms with Crippen LogP contribution in [0.5, 0.6) is 0 Å². The van der Waals surface area contributed by atoms with Crippen LogP contribution in [0, 0.1) is 0 Å². The Balaban J connectivity index is 2.04. The lowest BCUT2D eigenvalue weighted by molar-refractivity contribution is -0.144. The zero-order valence-electron chi connectivity index (χ0n) is 11.9. The van der Waals surface area contributed by atoms with Crippen LogP contribution in [0.4, 0.5) is 0 Å². The molecule has 1 unspecified atom stereocenters. The molecular formula is C15H17N3O3. The van der Waals surface area contributed by atoms with E-state index in [1.165, 1.54) is 0 Å². The molecule has 0 radical (unpaired) electrons. The molecular weight excluding hydrogens is 270 g/mol. The summed E-state index contributed by atoms with van der Waals surface area (Å²) in [6.07, 6.45) is 0. The minimum Gasteiger partial charge on any atom is -0.464 e. The highest BCUT2D eigenvalue weighted by Gasteiger charge is 2.19. The number of hydrogen-bond acceptors (Lipinski definition) is 4. The third-order valence-corrected chi connectivity index (χ3v) is 2.88. The first kappa shape index (κ1) is 14.8. The largest absolute Gasteiger partial charge is 0.464 e. The molecule has 1 amide bonds. The zero-order valence-corrected chi connectivity index (χ0v) is 11.9. The van der Waals surface area contributed by atoms with Gasteiger partial charge in [0.1, 0.15) is 11.7 Å². The first-order chi connectivity index (χ1) is 10.1. The molecule has 0 saturated heterocycles. The van der Waals surface area contributed by atoms with Crippen molar-refractivity contribution in [2.24, 2.45) is 0 Å². The van der Waals surface area contributed by atoms with Crippen LogP contribution in [0.1, 0.15) is 24.3 Å². The van der Waals surface area contributed by atoms with E-state index in [9.17, 15) is 9.59 Å². The van der Waals surface area contributed by atoms with E-state index in [-0.39, 0.29) is 6.61 Å². The Hall–Kier alpha value is -2.63. The molecule has 1 aromatic heterocycles. The topological polar surface area (TPSA) is 84.1 Å². The van der Waals surface area contributed by atoms with Crippen LogP contribution < -0.4 is 5.32 Å². The highest BCUT2D eigenvalue weighted by Crippen LogP contribution is 2.16. The molecule has 1 aromatic carbocycles. The Morgan fingerprint density at radius 3 is 2.71 bits per heavy atom. The van der Waals surface area contributed by atoms with Gasteiger partial charge in [-0.1, -0.05) is 30.3 Å². The molecule has 0 bridgehead atoms. The number of carbonyl (C=O) groups is 2. The number of amides is 1. The lowest BCUT2D eigenvalue weighted by atomic mass is 10.1. The van der Waals surface area contributed by atoms with Gasteiger partial charge in [0.25, 0.3) is 5.91 Å². The number of esters is 1. The molecule has 0 aliphatic carbocycles. The average Bonchev–Trinajstić information content (AvgIpc) is 2.98. The maximum Gasteiger partial charge on any atom is 0.328 e. The average molecular weight is 287 g/mol. The smallest absolute Gasteiger partial charge is 0.328 e. The first-order valence-corrected chi connectivity index (χ1v) is 6.70. The summed E-state index contributed by atoms with van der Waals surface area (Å²) >= 11 is 0. The second kappa shape index (κ2) is 6.69. The van der Waals surface area contributed by atoms with Crippen molar-refractivity contribution < 1.29 is 14.3 Å². The second-order valence-electron chi connectivity index (χ2n) is 4.48. The zero-order chi connectivity index (χ0) is 15.2. The van der Waals surface area contributed by atoms with E-state index in [1.54, 1.807) is 19.9 Å². The van der Waals surface area contributed by atoms with Gasteiger partial charge in [-0.2, -0.15) is 5.10 Å². The van der Waals surface area contributed by atoms with Crippen molar-refractivity contribution in [3.05, 3.63) is 42.1 Å². The van der Waals surface area contributed by atoms with Crippen molar-refractivity contribution in [1.82, 2.24) is 15.5 Å². The molecule has 1 heterocycles. The highest BCUT2D eigenvalue weighted by atomic mass is 16.5. The Morgan fingerprint density at radius 1 is 1.33 bits per heavy atom. The second-order valence-corrected chi connectivity index (χ2v) is 4.48. The standard InChI is InChI=1S/C15H17N3O3/c1-3-21-15(20)10(2)16-14(19)13-9-12(17-18-13)11-7-5-4-6-8-11/h4-10H,3H2,1-2H3,(H,16,19)(H,17,18). The molecule has 0 spiro atoms. The fraction of sp³-hybridized carbons (Fsp3) is 0.267. The van der Waals surface area contributed by atoms with Crippen molar-refractivity contribution >= 4 is 11.9 Å². The lowest BCUT2D eigenvalue weighted by Crippen LogP contribution is -2.39. The summed E-state index contributed by atoms with van der Waals surface area (Å²) in [6, 6.07) is 10.4.